The monoisotopic (exact) mass is 380 g/mol. The molecule has 0 saturated heterocycles. The van der Waals surface area contributed by atoms with Gasteiger partial charge in [-0.2, -0.15) is 0 Å². The van der Waals surface area contributed by atoms with Crippen LogP contribution < -0.4 is 5.32 Å². The largest absolute Gasteiger partial charge is 0.358 e. The molecule has 1 N–H and O–H groups in total. The first-order valence-electron chi connectivity index (χ1n) is 8.88. The van der Waals surface area contributed by atoms with Gasteiger partial charge < -0.3 is 10.2 Å². The lowest BCUT2D eigenvalue weighted by Gasteiger charge is -2.29. The maximum absolute atomic E-state index is 5.72. The number of thiocarbonyl (C=S) groups is 1. The first kappa shape index (κ1) is 18.7. The van der Waals surface area contributed by atoms with Crippen molar-refractivity contribution in [3.63, 3.8) is 0 Å². The molecule has 2 aromatic carbocycles. The van der Waals surface area contributed by atoms with Crippen LogP contribution in [0, 0.1) is 6.92 Å². The second kappa shape index (κ2) is 8.11. The van der Waals surface area contributed by atoms with Gasteiger partial charge in [0.1, 0.15) is 4.32 Å². The number of nitrogens with one attached hydrogen (secondary N) is 1. The molecule has 4 heteroatoms. The summed E-state index contributed by atoms with van der Waals surface area (Å²) in [5.41, 5.74) is 6.83. The minimum Gasteiger partial charge on any atom is -0.358 e. The van der Waals surface area contributed by atoms with Crippen LogP contribution in [0.1, 0.15) is 30.5 Å². The molecule has 1 aliphatic rings. The molecule has 3 rings (SSSR count). The van der Waals surface area contributed by atoms with Crippen LogP contribution in [-0.2, 0) is 0 Å². The summed E-state index contributed by atoms with van der Waals surface area (Å²) in [4.78, 5) is 3.31. The summed E-state index contributed by atoms with van der Waals surface area (Å²) < 4.78 is 0.887. The van der Waals surface area contributed by atoms with Gasteiger partial charge in [-0.1, -0.05) is 72.5 Å². The van der Waals surface area contributed by atoms with Crippen LogP contribution in [0.3, 0.4) is 0 Å². The number of nitrogens with zero attached hydrogens (tertiary/aromatic N) is 1. The van der Waals surface area contributed by atoms with E-state index in [-0.39, 0.29) is 0 Å². The van der Waals surface area contributed by atoms with Crippen LogP contribution in [0.15, 0.2) is 65.7 Å². The van der Waals surface area contributed by atoms with E-state index in [1.165, 1.54) is 22.3 Å². The number of benzene rings is 2. The minimum atomic E-state index is 0.887. The van der Waals surface area contributed by atoms with Gasteiger partial charge in [0.2, 0.25) is 0 Å². The first-order valence-corrected chi connectivity index (χ1v) is 10.1. The van der Waals surface area contributed by atoms with Gasteiger partial charge in [-0.3, -0.25) is 0 Å². The molecule has 0 saturated carbocycles. The van der Waals surface area contributed by atoms with Gasteiger partial charge in [-0.15, -0.1) is 0 Å². The van der Waals surface area contributed by atoms with Gasteiger partial charge >= 0.3 is 0 Å². The number of fused-ring (bicyclic) bond motifs is 1. The Labute approximate surface area is 166 Å². The van der Waals surface area contributed by atoms with Crippen molar-refractivity contribution >= 4 is 39.6 Å². The summed E-state index contributed by atoms with van der Waals surface area (Å²) in [6, 6.07) is 17.0. The molecule has 134 valence electrons. The van der Waals surface area contributed by atoms with E-state index in [0.717, 1.165) is 33.7 Å². The third-order valence-electron chi connectivity index (χ3n) is 4.50. The Hall–Kier alpha value is -2.04. The number of thioether (sulfide) groups is 1. The number of hydrogen-bond donors (Lipinski definition) is 1. The van der Waals surface area contributed by atoms with E-state index in [2.05, 4.69) is 80.0 Å². The highest BCUT2D eigenvalue weighted by atomic mass is 32.2. The van der Waals surface area contributed by atoms with E-state index in [4.69, 9.17) is 12.2 Å². The molecule has 0 radical (unpaired) electrons. The average molecular weight is 381 g/mol. The van der Waals surface area contributed by atoms with Gasteiger partial charge in [0.05, 0.1) is 0 Å². The molecule has 1 aliphatic heterocycles. The topological polar surface area (TPSA) is 15.3 Å². The van der Waals surface area contributed by atoms with Crippen LogP contribution in [0.5, 0.6) is 0 Å². The zero-order valence-electron chi connectivity index (χ0n) is 15.5. The SMILES string of the molecule is C=C1Nc2ccc(C)cc2C(c2ccccc2)=C1SC(=S)N(CC)CC. The molecule has 0 amide bonds. The smallest absolute Gasteiger partial charge is 0.141 e. The van der Waals surface area contributed by atoms with Crippen LogP contribution in [-0.4, -0.2) is 22.3 Å². The number of hydrogen-bond acceptors (Lipinski definition) is 3. The normalized spacial score (nSPS) is 13.3. The molecule has 0 unspecified atom stereocenters. The Bertz CT molecular complexity index is 865. The lowest BCUT2D eigenvalue weighted by Crippen LogP contribution is -2.27. The molecule has 0 fully saturated rings. The Morgan fingerprint density at radius 3 is 2.46 bits per heavy atom. The fourth-order valence-corrected chi connectivity index (χ4v) is 4.68. The van der Waals surface area contributed by atoms with Crippen LogP contribution >= 0.6 is 24.0 Å². The molecule has 0 bridgehead atoms. The fourth-order valence-electron chi connectivity index (χ4n) is 3.10. The molecule has 1 heterocycles. The second-order valence-electron chi connectivity index (χ2n) is 6.26. The summed E-state index contributed by atoms with van der Waals surface area (Å²) in [5, 5.41) is 3.47. The zero-order chi connectivity index (χ0) is 18.7. The highest BCUT2D eigenvalue weighted by Crippen LogP contribution is 2.44. The van der Waals surface area contributed by atoms with Crippen LogP contribution in [0.25, 0.3) is 5.57 Å². The molecular weight excluding hydrogens is 356 g/mol. The number of anilines is 1. The Kier molecular flexibility index (Phi) is 5.84. The molecule has 0 atom stereocenters. The predicted molar refractivity (Wildman–Crippen MR) is 120 cm³/mol. The summed E-state index contributed by atoms with van der Waals surface area (Å²) in [6.07, 6.45) is 0. The maximum atomic E-state index is 5.72. The van der Waals surface area contributed by atoms with E-state index in [1.54, 1.807) is 11.8 Å². The van der Waals surface area contributed by atoms with Crippen molar-refractivity contribution in [3.05, 3.63) is 82.4 Å². The summed E-state index contributed by atoms with van der Waals surface area (Å²) in [5.74, 6) is 0. The minimum absolute atomic E-state index is 0.887. The van der Waals surface area contributed by atoms with Crippen molar-refractivity contribution in [3.8, 4) is 0 Å². The lowest BCUT2D eigenvalue weighted by atomic mass is 9.92. The van der Waals surface area contributed by atoms with E-state index in [0.29, 0.717) is 0 Å². The van der Waals surface area contributed by atoms with Gasteiger partial charge in [-0.25, -0.2) is 0 Å². The standard InChI is InChI=1S/C22H24N2S2/c1-5-24(6-2)22(25)26-21-16(4)23-19-13-12-15(3)14-18(19)20(21)17-10-8-7-9-11-17/h7-14,23H,4-6H2,1-3H3. The molecule has 2 aromatic rings. The molecule has 0 aliphatic carbocycles. The Morgan fingerprint density at radius 2 is 1.81 bits per heavy atom. The molecule has 2 nitrogen and oxygen atoms in total. The molecule has 26 heavy (non-hydrogen) atoms. The Balaban J connectivity index is 2.17. The molecule has 0 spiro atoms. The highest BCUT2D eigenvalue weighted by Gasteiger charge is 2.25. The quantitative estimate of drug-likeness (QED) is 0.649. The summed E-state index contributed by atoms with van der Waals surface area (Å²) in [6.45, 7) is 12.5. The van der Waals surface area contributed by atoms with Crippen molar-refractivity contribution in [2.24, 2.45) is 0 Å². The third-order valence-corrected chi connectivity index (χ3v) is 6.10. The van der Waals surface area contributed by atoms with Crippen molar-refractivity contribution in [1.82, 2.24) is 4.90 Å². The predicted octanol–water partition coefficient (Wildman–Crippen LogP) is 6.05. The van der Waals surface area contributed by atoms with E-state index >= 15 is 0 Å². The van der Waals surface area contributed by atoms with Gasteiger partial charge in [-0.05, 0) is 38.5 Å². The number of rotatable bonds is 4. The van der Waals surface area contributed by atoms with Crippen molar-refractivity contribution in [2.75, 3.05) is 18.4 Å². The van der Waals surface area contributed by atoms with E-state index < -0.39 is 0 Å². The zero-order valence-corrected chi connectivity index (χ0v) is 17.1. The fraction of sp³-hybridized carbons (Fsp3) is 0.227. The summed E-state index contributed by atoms with van der Waals surface area (Å²) >= 11 is 7.35. The third kappa shape index (κ3) is 3.71. The van der Waals surface area contributed by atoms with E-state index in [9.17, 15) is 0 Å². The first-order chi connectivity index (χ1) is 12.5. The van der Waals surface area contributed by atoms with Gasteiger partial charge in [0, 0.05) is 40.5 Å². The maximum Gasteiger partial charge on any atom is 0.141 e. The van der Waals surface area contributed by atoms with Crippen LogP contribution in [0.2, 0.25) is 0 Å². The van der Waals surface area contributed by atoms with Crippen molar-refractivity contribution in [2.45, 2.75) is 20.8 Å². The average Bonchev–Trinajstić information content (AvgIpc) is 2.64. The second-order valence-corrected chi connectivity index (χ2v) is 7.91. The summed E-state index contributed by atoms with van der Waals surface area (Å²) in [7, 11) is 0. The van der Waals surface area contributed by atoms with Gasteiger partial charge in [0.25, 0.3) is 0 Å². The molecular formula is C22H24N2S2. The van der Waals surface area contributed by atoms with Gasteiger partial charge in [0.15, 0.2) is 0 Å². The van der Waals surface area contributed by atoms with Crippen molar-refractivity contribution < 1.29 is 0 Å². The Morgan fingerprint density at radius 1 is 1.12 bits per heavy atom. The molecule has 0 aromatic heterocycles. The van der Waals surface area contributed by atoms with E-state index in [1.807, 2.05) is 6.07 Å². The van der Waals surface area contributed by atoms with Crippen LogP contribution in [0.4, 0.5) is 5.69 Å². The highest BCUT2D eigenvalue weighted by molar-refractivity contribution is 8.25. The van der Waals surface area contributed by atoms with Crippen molar-refractivity contribution in [1.29, 1.82) is 0 Å². The number of aryl methyl sites for hydroxylation is 1. The lowest BCUT2D eigenvalue weighted by molar-refractivity contribution is 0.482.